The third-order valence-electron chi connectivity index (χ3n) is 4.39. The second-order valence-corrected chi connectivity index (χ2v) is 6.73. The number of benzene rings is 2. The van der Waals surface area contributed by atoms with Crippen LogP contribution in [0.4, 0.5) is 0 Å². The Morgan fingerprint density at radius 2 is 1.56 bits per heavy atom. The largest absolute Gasteiger partial charge is 0.493 e. The number of methoxy groups -OCH3 is 2. The molecule has 0 fully saturated rings. The van der Waals surface area contributed by atoms with Gasteiger partial charge in [-0.1, -0.05) is 31.9 Å². The van der Waals surface area contributed by atoms with E-state index < -0.39 is 10.9 Å². The van der Waals surface area contributed by atoms with Gasteiger partial charge in [-0.3, -0.25) is 10.1 Å². The first-order chi connectivity index (χ1) is 15.5. The molecule has 0 heterocycles. The van der Waals surface area contributed by atoms with E-state index in [9.17, 15) is 14.9 Å². The van der Waals surface area contributed by atoms with Gasteiger partial charge in [0, 0.05) is 12.2 Å². The minimum Gasteiger partial charge on any atom is -0.493 e. The number of ether oxygens (including phenoxy) is 4. The van der Waals surface area contributed by atoms with Gasteiger partial charge in [0.15, 0.2) is 23.0 Å². The number of rotatable bonds is 12. The van der Waals surface area contributed by atoms with Crippen LogP contribution in [0.15, 0.2) is 48.7 Å². The SMILES string of the molecule is CCCCCOc1ccc(/C=C/C(=O)Oc2ccc(/C=C/[N+](=O)[O-])cc2OC)cc1OC. The van der Waals surface area contributed by atoms with Crippen LogP contribution < -0.4 is 18.9 Å². The summed E-state index contributed by atoms with van der Waals surface area (Å²) in [6.45, 7) is 2.75. The van der Waals surface area contributed by atoms with E-state index >= 15 is 0 Å². The number of nitrogens with zero attached hydrogens (tertiary/aromatic N) is 1. The summed E-state index contributed by atoms with van der Waals surface area (Å²) in [5.74, 6) is 1.12. The Balaban J connectivity index is 2.04. The topological polar surface area (TPSA) is 97.1 Å². The van der Waals surface area contributed by atoms with Gasteiger partial charge >= 0.3 is 5.97 Å². The van der Waals surface area contributed by atoms with Crippen LogP contribution in [-0.4, -0.2) is 31.7 Å². The minimum atomic E-state index is -0.601. The smallest absolute Gasteiger partial charge is 0.336 e. The molecule has 8 nitrogen and oxygen atoms in total. The summed E-state index contributed by atoms with van der Waals surface area (Å²) in [6, 6.07) is 10.0. The molecule has 0 amide bonds. The highest BCUT2D eigenvalue weighted by Crippen LogP contribution is 2.30. The zero-order valence-electron chi connectivity index (χ0n) is 18.4. The Bertz CT molecular complexity index is 982. The van der Waals surface area contributed by atoms with E-state index in [4.69, 9.17) is 18.9 Å². The quantitative estimate of drug-likeness (QED) is 0.112. The summed E-state index contributed by atoms with van der Waals surface area (Å²) in [6.07, 6.45) is 8.23. The highest BCUT2D eigenvalue weighted by Gasteiger charge is 2.10. The lowest BCUT2D eigenvalue weighted by atomic mass is 10.2. The van der Waals surface area contributed by atoms with Crippen molar-refractivity contribution in [3.05, 3.63) is 69.9 Å². The average Bonchev–Trinajstić information content (AvgIpc) is 2.80. The van der Waals surface area contributed by atoms with Gasteiger partial charge < -0.3 is 18.9 Å². The third-order valence-corrected chi connectivity index (χ3v) is 4.39. The van der Waals surface area contributed by atoms with E-state index in [1.54, 1.807) is 31.4 Å². The first kappa shape index (κ1) is 24.5. The molecule has 2 rings (SSSR count). The molecule has 0 aliphatic carbocycles. The van der Waals surface area contributed by atoms with Crippen LogP contribution in [0.25, 0.3) is 12.2 Å². The van der Waals surface area contributed by atoms with Crippen LogP contribution in [0.2, 0.25) is 0 Å². The maximum absolute atomic E-state index is 12.3. The number of hydrogen-bond donors (Lipinski definition) is 0. The minimum absolute atomic E-state index is 0.203. The molecule has 32 heavy (non-hydrogen) atoms. The molecule has 0 bridgehead atoms. The highest BCUT2D eigenvalue weighted by molar-refractivity contribution is 5.89. The van der Waals surface area contributed by atoms with Gasteiger partial charge in [0.05, 0.1) is 25.7 Å². The Hall–Kier alpha value is -3.81. The summed E-state index contributed by atoms with van der Waals surface area (Å²) in [7, 11) is 2.98. The van der Waals surface area contributed by atoms with Crippen molar-refractivity contribution in [1.82, 2.24) is 0 Å². The molecule has 0 aliphatic heterocycles. The second kappa shape index (κ2) is 12.8. The molecule has 0 spiro atoms. The van der Waals surface area contributed by atoms with Crippen LogP contribution in [-0.2, 0) is 4.79 Å². The predicted octanol–water partition coefficient (Wildman–Crippen LogP) is 5.14. The normalized spacial score (nSPS) is 11.0. The van der Waals surface area contributed by atoms with Gasteiger partial charge in [-0.25, -0.2) is 4.79 Å². The van der Waals surface area contributed by atoms with Crippen molar-refractivity contribution in [3.63, 3.8) is 0 Å². The zero-order valence-corrected chi connectivity index (χ0v) is 18.4. The average molecular weight is 441 g/mol. The Kier molecular flexibility index (Phi) is 9.77. The standard InChI is InChI=1S/C24H27NO7/c1-4-5-6-15-31-20-10-7-18(16-22(20)29-2)9-12-24(26)32-21-11-8-19(13-14-25(27)28)17-23(21)30-3/h7-14,16-17H,4-6,15H2,1-3H3/b12-9+,14-13+. The lowest BCUT2D eigenvalue weighted by molar-refractivity contribution is -0.400. The summed E-state index contributed by atoms with van der Waals surface area (Å²) in [4.78, 5) is 22.1. The van der Waals surface area contributed by atoms with Gasteiger partial charge in [-0.2, -0.15) is 0 Å². The molecule has 0 radical (unpaired) electrons. The molecular formula is C24H27NO7. The summed E-state index contributed by atoms with van der Waals surface area (Å²) in [5, 5.41) is 10.5. The van der Waals surface area contributed by atoms with Crippen LogP contribution in [0.5, 0.6) is 23.0 Å². The van der Waals surface area contributed by atoms with Crippen LogP contribution in [0.1, 0.15) is 37.3 Å². The lowest BCUT2D eigenvalue weighted by Gasteiger charge is -2.11. The van der Waals surface area contributed by atoms with E-state index in [0.29, 0.717) is 23.7 Å². The van der Waals surface area contributed by atoms with Crippen LogP contribution in [0.3, 0.4) is 0 Å². The van der Waals surface area contributed by atoms with Gasteiger partial charge in [-0.15, -0.1) is 0 Å². The van der Waals surface area contributed by atoms with Crippen molar-refractivity contribution < 1.29 is 28.7 Å². The predicted molar refractivity (Wildman–Crippen MR) is 122 cm³/mol. The fourth-order valence-electron chi connectivity index (χ4n) is 2.77. The maximum atomic E-state index is 12.3. The maximum Gasteiger partial charge on any atom is 0.336 e. The van der Waals surface area contributed by atoms with Gasteiger partial charge in [-0.05, 0) is 47.9 Å². The monoisotopic (exact) mass is 441 g/mol. The van der Waals surface area contributed by atoms with Crippen molar-refractivity contribution in [2.45, 2.75) is 26.2 Å². The lowest BCUT2D eigenvalue weighted by Crippen LogP contribution is -2.05. The van der Waals surface area contributed by atoms with E-state index in [0.717, 1.165) is 31.0 Å². The van der Waals surface area contributed by atoms with E-state index in [1.165, 1.54) is 31.4 Å². The molecule has 0 unspecified atom stereocenters. The zero-order chi connectivity index (χ0) is 23.3. The molecule has 170 valence electrons. The number of nitro groups is 1. The van der Waals surface area contributed by atoms with Crippen molar-refractivity contribution in [2.75, 3.05) is 20.8 Å². The Morgan fingerprint density at radius 1 is 0.938 bits per heavy atom. The Labute approximate surface area is 187 Å². The van der Waals surface area contributed by atoms with Gasteiger partial charge in [0.25, 0.3) is 0 Å². The van der Waals surface area contributed by atoms with Crippen molar-refractivity contribution in [2.24, 2.45) is 0 Å². The molecule has 8 heteroatoms. The second-order valence-electron chi connectivity index (χ2n) is 6.73. The number of esters is 1. The van der Waals surface area contributed by atoms with E-state index in [-0.39, 0.29) is 11.5 Å². The number of carbonyl (C=O) groups excluding carboxylic acids is 1. The van der Waals surface area contributed by atoms with Gasteiger partial charge in [0.1, 0.15) is 0 Å². The van der Waals surface area contributed by atoms with Gasteiger partial charge in [0.2, 0.25) is 6.20 Å². The fraction of sp³-hybridized carbons (Fsp3) is 0.292. The van der Waals surface area contributed by atoms with Crippen molar-refractivity contribution in [3.8, 4) is 23.0 Å². The highest BCUT2D eigenvalue weighted by atomic mass is 16.6. The molecule has 0 N–H and O–H groups in total. The molecular weight excluding hydrogens is 414 g/mol. The summed E-state index contributed by atoms with van der Waals surface area (Å²) in [5.41, 5.74) is 1.28. The third kappa shape index (κ3) is 7.79. The Morgan fingerprint density at radius 3 is 2.19 bits per heavy atom. The van der Waals surface area contributed by atoms with E-state index in [1.807, 2.05) is 6.07 Å². The molecule has 0 atom stereocenters. The first-order valence-electron chi connectivity index (χ1n) is 10.2. The number of carbonyl (C=O) groups is 1. The van der Waals surface area contributed by atoms with Crippen LogP contribution >= 0.6 is 0 Å². The molecule has 0 saturated heterocycles. The summed E-state index contributed by atoms with van der Waals surface area (Å²) >= 11 is 0. The van der Waals surface area contributed by atoms with E-state index in [2.05, 4.69) is 6.92 Å². The molecule has 2 aromatic rings. The number of unbranched alkanes of at least 4 members (excludes halogenated alkanes) is 2. The van der Waals surface area contributed by atoms with Crippen LogP contribution in [0, 0.1) is 10.1 Å². The summed E-state index contributed by atoms with van der Waals surface area (Å²) < 4.78 is 21.7. The molecule has 0 aromatic heterocycles. The van der Waals surface area contributed by atoms with Crippen molar-refractivity contribution in [1.29, 1.82) is 0 Å². The molecule has 0 aliphatic rings. The number of hydrogen-bond acceptors (Lipinski definition) is 7. The fourth-order valence-corrected chi connectivity index (χ4v) is 2.77. The molecule has 2 aromatic carbocycles. The van der Waals surface area contributed by atoms with Crippen molar-refractivity contribution >= 4 is 18.1 Å². The first-order valence-corrected chi connectivity index (χ1v) is 10.2. The molecule has 0 saturated carbocycles.